The Morgan fingerprint density at radius 3 is 2.50 bits per heavy atom. The van der Waals surface area contributed by atoms with Crippen molar-refractivity contribution in [2.24, 2.45) is 0 Å². The molecule has 1 aromatic heterocycles. The third-order valence-corrected chi connectivity index (χ3v) is 6.11. The average Bonchev–Trinajstić information content (AvgIpc) is 3.17. The van der Waals surface area contributed by atoms with Crippen molar-refractivity contribution < 1.29 is 14.3 Å². The highest BCUT2D eigenvalue weighted by atomic mass is 32.1. The summed E-state index contributed by atoms with van der Waals surface area (Å²) in [6.07, 6.45) is 0.766. The summed E-state index contributed by atoms with van der Waals surface area (Å²) in [6.45, 7) is 2.52. The molecule has 0 aliphatic carbocycles. The van der Waals surface area contributed by atoms with E-state index < -0.39 is 0 Å². The van der Waals surface area contributed by atoms with Gasteiger partial charge in [-0.25, -0.2) is 4.98 Å². The number of carbonyl (C=O) groups is 1. The SMILES string of the molecule is COc1cc2c(cc1OC)C(c1ccccc1)N(C(=O)c1scnc1C)CC2. The number of hydrogen-bond acceptors (Lipinski definition) is 5. The molecule has 0 spiro atoms. The quantitative estimate of drug-likeness (QED) is 0.664. The number of ether oxygens (including phenoxy) is 2. The summed E-state index contributed by atoms with van der Waals surface area (Å²) in [5.41, 5.74) is 5.83. The molecule has 1 amide bonds. The van der Waals surface area contributed by atoms with E-state index in [0.29, 0.717) is 22.9 Å². The molecule has 5 nitrogen and oxygen atoms in total. The Kier molecular flexibility index (Phi) is 5.05. The van der Waals surface area contributed by atoms with Crippen LogP contribution < -0.4 is 9.47 Å². The largest absolute Gasteiger partial charge is 0.493 e. The number of benzene rings is 2. The van der Waals surface area contributed by atoms with Crippen molar-refractivity contribution in [3.05, 3.63) is 75.2 Å². The van der Waals surface area contributed by atoms with Crippen LogP contribution in [0.2, 0.25) is 0 Å². The highest BCUT2D eigenvalue weighted by molar-refractivity contribution is 7.11. The molecule has 28 heavy (non-hydrogen) atoms. The number of rotatable bonds is 4. The minimum absolute atomic E-state index is 0.0225. The molecule has 0 radical (unpaired) electrons. The standard InChI is InChI=1S/C22H22N2O3S/c1-14-21(28-13-23-14)22(25)24-10-9-16-11-18(26-2)19(27-3)12-17(16)20(24)15-7-5-4-6-8-15/h4-8,11-13,20H,9-10H2,1-3H3. The van der Waals surface area contributed by atoms with E-state index in [9.17, 15) is 4.79 Å². The van der Waals surface area contributed by atoms with Crippen molar-refractivity contribution >= 4 is 17.2 Å². The van der Waals surface area contributed by atoms with Gasteiger partial charge in [-0.3, -0.25) is 4.79 Å². The lowest BCUT2D eigenvalue weighted by Crippen LogP contribution is -2.40. The molecule has 144 valence electrons. The van der Waals surface area contributed by atoms with Crippen LogP contribution in [0, 0.1) is 6.92 Å². The molecule has 0 bridgehead atoms. The molecule has 0 saturated carbocycles. The number of nitrogens with zero attached hydrogens (tertiary/aromatic N) is 2. The second-order valence-electron chi connectivity index (χ2n) is 6.73. The van der Waals surface area contributed by atoms with Gasteiger partial charge < -0.3 is 14.4 Å². The third-order valence-electron chi connectivity index (χ3n) is 5.19. The van der Waals surface area contributed by atoms with Crippen LogP contribution in [0.1, 0.15) is 38.1 Å². The van der Waals surface area contributed by atoms with Crippen LogP contribution in [0.3, 0.4) is 0 Å². The van der Waals surface area contributed by atoms with Gasteiger partial charge in [0, 0.05) is 6.54 Å². The van der Waals surface area contributed by atoms with Gasteiger partial charge in [-0.1, -0.05) is 30.3 Å². The second-order valence-corrected chi connectivity index (χ2v) is 7.59. The summed E-state index contributed by atoms with van der Waals surface area (Å²) >= 11 is 1.40. The minimum Gasteiger partial charge on any atom is -0.493 e. The molecular formula is C22H22N2O3S. The van der Waals surface area contributed by atoms with Crippen molar-refractivity contribution in [2.45, 2.75) is 19.4 Å². The van der Waals surface area contributed by atoms with E-state index in [0.717, 1.165) is 23.2 Å². The van der Waals surface area contributed by atoms with Crippen LogP contribution in [-0.2, 0) is 6.42 Å². The molecule has 0 N–H and O–H groups in total. The van der Waals surface area contributed by atoms with Gasteiger partial charge in [-0.05, 0) is 42.2 Å². The van der Waals surface area contributed by atoms with Crippen molar-refractivity contribution in [3.8, 4) is 11.5 Å². The zero-order chi connectivity index (χ0) is 19.7. The third kappa shape index (κ3) is 3.14. The first-order valence-electron chi connectivity index (χ1n) is 9.14. The number of aromatic nitrogens is 1. The topological polar surface area (TPSA) is 51.7 Å². The maximum atomic E-state index is 13.4. The first-order chi connectivity index (χ1) is 13.6. The fourth-order valence-corrected chi connectivity index (χ4v) is 4.55. The van der Waals surface area contributed by atoms with Crippen LogP contribution in [-0.4, -0.2) is 36.6 Å². The lowest BCUT2D eigenvalue weighted by molar-refractivity contribution is 0.0698. The molecule has 1 atom stereocenters. The molecule has 2 aromatic carbocycles. The Labute approximate surface area is 168 Å². The number of thiazole rings is 1. The summed E-state index contributed by atoms with van der Waals surface area (Å²) in [4.78, 5) is 20.3. The first kappa shape index (κ1) is 18.5. The highest BCUT2D eigenvalue weighted by Gasteiger charge is 2.34. The maximum Gasteiger partial charge on any atom is 0.266 e. The number of hydrogen-bond donors (Lipinski definition) is 0. The predicted molar refractivity (Wildman–Crippen MR) is 109 cm³/mol. The van der Waals surface area contributed by atoms with E-state index in [4.69, 9.17) is 9.47 Å². The Hall–Kier alpha value is -2.86. The zero-order valence-corrected chi connectivity index (χ0v) is 17.0. The molecule has 3 aromatic rings. The lowest BCUT2D eigenvalue weighted by atomic mass is 9.87. The number of amides is 1. The Morgan fingerprint density at radius 2 is 1.86 bits per heavy atom. The van der Waals surface area contributed by atoms with Gasteiger partial charge in [0.1, 0.15) is 4.88 Å². The molecule has 6 heteroatoms. The summed E-state index contributed by atoms with van der Waals surface area (Å²) in [5.74, 6) is 1.41. The van der Waals surface area contributed by atoms with E-state index in [2.05, 4.69) is 17.1 Å². The van der Waals surface area contributed by atoms with E-state index in [-0.39, 0.29) is 11.9 Å². The Balaban J connectivity index is 1.86. The first-order valence-corrected chi connectivity index (χ1v) is 10.0. The monoisotopic (exact) mass is 394 g/mol. The number of aryl methyl sites for hydroxylation is 1. The summed E-state index contributed by atoms with van der Waals surface area (Å²) in [6, 6.07) is 14.0. The van der Waals surface area contributed by atoms with Crippen molar-refractivity contribution in [1.82, 2.24) is 9.88 Å². The van der Waals surface area contributed by atoms with E-state index in [1.807, 2.05) is 42.2 Å². The predicted octanol–water partition coefficient (Wildman–Crippen LogP) is 4.26. The van der Waals surface area contributed by atoms with Crippen LogP contribution in [0.4, 0.5) is 0 Å². The molecule has 0 saturated heterocycles. The molecular weight excluding hydrogens is 372 g/mol. The number of methoxy groups -OCH3 is 2. The van der Waals surface area contributed by atoms with Gasteiger partial charge in [0.2, 0.25) is 0 Å². The summed E-state index contributed by atoms with van der Waals surface area (Å²) < 4.78 is 11.0. The molecule has 1 aliphatic heterocycles. The van der Waals surface area contributed by atoms with E-state index in [1.165, 1.54) is 16.9 Å². The Morgan fingerprint density at radius 1 is 1.14 bits per heavy atom. The Bertz CT molecular complexity index is 1000. The number of carbonyl (C=O) groups excluding carboxylic acids is 1. The number of fused-ring (bicyclic) bond motifs is 1. The van der Waals surface area contributed by atoms with Crippen LogP contribution in [0.5, 0.6) is 11.5 Å². The molecule has 0 fully saturated rings. The maximum absolute atomic E-state index is 13.4. The van der Waals surface area contributed by atoms with Crippen molar-refractivity contribution in [2.75, 3.05) is 20.8 Å². The van der Waals surface area contributed by atoms with Crippen LogP contribution >= 0.6 is 11.3 Å². The van der Waals surface area contributed by atoms with Gasteiger partial charge in [0.15, 0.2) is 11.5 Å². The van der Waals surface area contributed by atoms with E-state index >= 15 is 0 Å². The average molecular weight is 394 g/mol. The second kappa shape index (κ2) is 7.64. The molecule has 1 unspecified atom stereocenters. The van der Waals surface area contributed by atoms with Crippen molar-refractivity contribution in [1.29, 1.82) is 0 Å². The van der Waals surface area contributed by atoms with Gasteiger partial charge in [0.25, 0.3) is 5.91 Å². The van der Waals surface area contributed by atoms with E-state index in [1.54, 1.807) is 19.7 Å². The summed E-state index contributed by atoms with van der Waals surface area (Å²) in [7, 11) is 3.28. The van der Waals surface area contributed by atoms with Gasteiger partial charge in [-0.2, -0.15) is 0 Å². The van der Waals surface area contributed by atoms with Crippen LogP contribution in [0.15, 0.2) is 48.0 Å². The van der Waals surface area contributed by atoms with Crippen LogP contribution in [0.25, 0.3) is 0 Å². The van der Waals surface area contributed by atoms with Gasteiger partial charge >= 0.3 is 0 Å². The molecule has 4 rings (SSSR count). The summed E-state index contributed by atoms with van der Waals surface area (Å²) in [5, 5.41) is 0. The smallest absolute Gasteiger partial charge is 0.266 e. The van der Waals surface area contributed by atoms with Gasteiger partial charge in [-0.15, -0.1) is 11.3 Å². The zero-order valence-electron chi connectivity index (χ0n) is 16.1. The minimum atomic E-state index is -0.182. The molecule has 1 aliphatic rings. The fraction of sp³-hybridized carbons (Fsp3) is 0.273. The highest BCUT2D eigenvalue weighted by Crippen LogP contribution is 2.41. The lowest BCUT2D eigenvalue weighted by Gasteiger charge is -2.38. The molecule has 2 heterocycles. The van der Waals surface area contributed by atoms with Gasteiger partial charge in [0.05, 0.1) is 31.5 Å². The van der Waals surface area contributed by atoms with Crippen molar-refractivity contribution in [3.63, 3.8) is 0 Å². The fourth-order valence-electron chi connectivity index (χ4n) is 3.80. The normalized spacial score (nSPS) is 15.8.